The normalized spacial score (nSPS) is 16.2. The molecule has 3 amide bonds. The van der Waals surface area contributed by atoms with Gasteiger partial charge in [0.1, 0.15) is 5.56 Å². The van der Waals surface area contributed by atoms with Gasteiger partial charge in [-0.25, -0.2) is 0 Å². The molecule has 232 valence electrons. The molecule has 0 N–H and O–H groups in total. The highest BCUT2D eigenvalue weighted by atomic mass is 32.2. The number of imide groups is 1. The number of nitro benzene ring substituents is 1. The van der Waals surface area contributed by atoms with Crippen LogP contribution in [0.3, 0.4) is 0 Å². The number of amides is 3. The first-order valence-electron chi connectivity index (χ1n) is 14.7. The van der Waals surface area contributed by atoms with E-state index in [9.17, 15) is 24.5 Å². The maximum Gasteiger partial charge on any atom is 0.286 e. The van der Waals surface area contributed by atoms with E-state index in [2.05, 4.69) is 13.8 Å². The summed E-state index contributed by atoms with van der Waals surface area (Å²) in [5.74, 6) is 1.02. The second-order valence-electron chi connectivity index (χ2n) is 10.4. The molecule has 1 saturated heterocycles. The minimum absolute atomic E-state index is 0.0157. The van der Waals surface area contributed by atoms with E-state index in [1.807, 2.05) is 12.1 Å². The van der Waals surface area contributed by atoms with E-state index in [-0.39, 0.29) is 70.7 Å². The summed E-state index contributed by atoms with van der Waals surface area (Å²) in [7, 11) is 1.41. The first-order chi connectivity index (χ1) is 21.3. The first kappa shape index (κ1) is 31.6. The monoisotopic (exact) mass is 637 g/mol. The fourth-order valence-electron chi connectivity index (χ4n) is 5.91. The molecule has 12 heteroatoms. The van der Waals surface area contributed by atoms with Crippen LogP contribution in [0.4, 0.5) is 5.69 Å². The number of carbonyl (C=O) groups is 3. The average Bonchev–Trinajstić information content (AvgIpc) is 3.52. The molecule has 2 aliphatic heterocycles. The number of methoxy groups -OCH3 is 1. The summed E-state index contributed by atoms with van der Waals surface area (Å²) >= 11 is 3.59. The number of nitro groups is 1. The zero-order chi connectivity index (χ0) is 31.4. The van der Waals surface area contributed by atoms with Gasteiger partial charge < -0.3 is 14.4 Å². The third-order valence-electron chi connectivity index (χ3n) is 7.88. The zero-order valence-corrected chi connectivity index (χ0v) is 26.6. The lowest BCUT2D eigenvalue weighted by Gasteiger charge is -2.31. The van der Waals surface area contributed by atoms with Gasteiger partial charge in [0.15, 0.2) is 11.5 Å². The molecule has 0 spiro atoms. The van der Waals surface area contributed by atoms with Crippen LogP contribution in [-0.4, -0.2) is 81.4 Å². The lowest BCUT2D eigenvalue weighted by Crippen LogP contribution is -2.41. The average molecular weight is 638 g/mol. The van der Waals surface area contributed by atoms with Crippen LogP contribution in [0.1, 0.15) is 64.2 Å². The van der Waals surface area contributed by atoms with Crippen LogP contribution in [0.15, 0.2) is 48.5 Å². The smallest absolute Gasteiger partial charge is 0.286 e. The van der Waals surface area contributed by atoms with Crippen LogP contribution in [0.25, 0.3) is 10.8 Å². The predicted molar refractivity (Wildman–Crippen MR) is 173 cm³/mol. The molecule has 0 aliphatic carbocycles. The lowest BCUT2D eigenvalue weighted by molar-refractivity contribution is -0.385. The van der Waals surface area contributed by atoms with Crippen molar-refractivity contribution in [1.29, 1.82) is 0 Å². The van der Waals surface area contributed by atoms with Crippen molar-refractivity contribution in [3.8, 4) is 11.5 Å². The Labute approximate surface area is 264 Å². The predicted octanol–water partition coefficient (Wildman–Crippen LogP) is 6.26. The molecule has 2 heterocycles. The van der Waals surface area contributed by atoms with E-state index in [0.717, 1.165) is 29.7 Å². The Morgan fingerprint density at radius 1 is 1.05 bits per heavy atom. The van der Waals surface area contributed by atoms with Gasteiger partial charge in [0, 0.05) is 35.7 Å². The van der Waals surface area contributed by atoms with Gasteiger partial charge in [-0.2, -0.15) is 0 Å². The standard InChI is InChI=1S/C32H35N3O7S2/c1-4-43-32(44-5-2)24-14-8-15-33(24)31(38)23-18-26(41-3)27(19-25(23)35(39)40)42-17-9-16-34-29(36)21-12-6-10-20-11-7-13-22(28(20)21)30(34)37/h6-7,10-13,18-19,24,32H,4-5,8-9,14-17H2,1-3H3/t24-/m0/s1. The molecule has 10 nitrogen and oxygen atoms in total. The molecule has 0 unspecified atom stereocenters. The van der Waals surface area contributed by atoms with Crippen LogP contribution in [0.2, 0.25) is 0 Å². The summed E-state index contributed by atoms with van der Waals surface area (Å²) in [6.07, 6.45) is 1.98. The quantitative estimate of drug-likeness (QED) is 0.0703. The van der Waals surface area contributed by atoms with Crippen LogP contribution in [0, 0.1) is 10.1 Å². The Bertz CT molecular complexity index is 1540. The van der Waals surface area contributed by atoms with Gasteiger partial charge in [0.2, 0.25) is 0 Å². The Morgan fingerprint density at radius 3 is 2.30 bits per heavy atom. The third-order valence-corrected chi connectivity index (χ3v) is 10.7. The number of rotatable bonds is 13. The number of carbonyl (C=O) groups excluding carboxylic acids is 3. The Kier molecular flexibility index (Phi) is 10.00. The zero-order valence-electron chi connectivity index (χ0n) is 24.9. The van der Waals surface area contributed by atoms with Crippen molar-refractivity contribution in [2.45, 2.75) is 43.7 Å². The molecule has 0 bridgehead atoms. The molecular weight excluding hydrogens is 603 g/mol. The number of benzene rings is 3. The maximum absolute atomic E-state index is 13.8. The van der Waals surface area contributed by atoms with Crippen LogP contribution in [-0.2, 0) is 0 Å². The number of likely N-dealkylation sites (tertiary alicyclic amines) is 1. The van der Waals surface area contributed by atoms with Crippen molar-refractivity contribution < 1.29 is 28.8 Å². The van der Waals surface area contributed by atoms with E-state index in [1.165, 1.54) is 24.1 Å². The van der Waals surface area contributed by atoms with Gasteiger partial charge in [0.05, 0.1) is 35.3 Å². The molecule has 3 aromatic rings. The van der Waals surface area contributed by atoms with E-state index >= 15 is 0 Å². The van der Waals surface area contributed by atoms with E-state index in [4.69, 9.17) is 9.47 Å². The number of thioether (sulfide) groups is 2. The molecular formula is C32H35N3O7S2. The third kappa shape index (κ3) is 6.10. The van der Waals surface area contributed by atoms with E-state index in [0.29, 0.717) is 23.1 Å². The van der Waals surface area contributed by atoms with Crippen molar-refractivity contribution in [1.82, 2.24) is 9.80 Å². The Morgan fingerprint density at radius 2 is 1.70 bits per heavy atom. The second-order valence-corrected chi connectivity index (χ2v) is 13.6. The van der Waals surface area contributed by atoms with Crippen molar-refractivity contribution in [2.24, 2.45) is 0 Å². The molecule has 2 aliphatic rings. The van der Waals surface area contributed by atoms with Crippen molar-refractivity contribution in [3.05, 3.63) is 75.3 Å². The lowest BCUT2D eigenvalue weighted by atomic mass is 9.94. The summed E-state index contributed by atoms with van der Waals surface area (Å²) in [5, 5.41) is 13.6. The number of hydrogen-bond acceptors (Lipinski definition) is 9. The van der Waals surface area contributed by atoms with Crippen LogP contribution >= 0.6 is 23.5 Å². The molecule has 1 fully saturated rings. The van der Waals surface area contributed by atoms with Gasteiger partial charge >= 0.3 is 0 Å². The summed E-state index contributed by atoms with van der Waals surface area (Å²) in [6, 6.07) is 13.3. The summed E-state index contributed by atoms with van der Waals surface area (Å²) < 4.78 is 11.6. The summed E-state index contributed by atoms with van der Waals surface area (Å²) in [5.41, 5.74) is 0.559. The number of hydrogen-bond donors (Lipinski definition) is 0. The fraction of sp³-hybridized carbons (Fsp3) is 0.406. The molecule has 5 rings (SSSR count). The first-order valence-corrected chi connectivity index (χ1v) is 16.8. The topological polar surface area (TPSA) is 119 Å². The van der Waals surface area contributed by atoms with Crippen molar-refractivity contribution in [2.75, 3.05) is 38.3 Å². The SMILES string of the molecule is CCSC(SCC)[C@@H]1CCCN1C(=O)c1cc(OC)c(OCCCN2C(=O)c3cccc4cccc(c34)C2=O)cc1[N+](=O)[O-]. The highest BCUT2D eigenvalue weighted by Crippen LogP contribution is 2.39. The Balaban J connectivity index is 1.30. The molecule has 0 saturated carbocycles. The second kappa shape index (κ2) is 13.9. The molecule has 0 aromatic heterocycles. The van der Waals surface area contributed by atoms with Crippen LogP contribution in [0.5, 0.6) is 11.5 Å². The molecule has 1 atom stereocenters. The largest absolute Gasteiger partial charge is 0.493 e. The molecule has 44 heavy (non-hydrogen) atoms. The Hall–Kier alpha value is -3.77. The van der Waals surface area contributed by atoms with Gasteiger partial charge in [0.25, 0.3) is 23.4 Å². The number of nitrogens with zero attached hydrogens (tertiary/aromatic N) is 3. The van der Waals surface area contributed by atoms with Gasteiger partial charge in [-0.15, -0.1) is 23.5 Å². The molecule has 0 radical (unpaired) electrons. The summed E-state index contributed by atoms with van der Waals surface area (Å²) in [6.45, 7) is 4.88. The van der Waals surface area contributed by atoms with Crippen molar-refractivity contribution >= 4 is 57.7 Å². The summed E-state index contributed by atoms with van der Waals surface area (Å²) in [4.78, 5) is 54.7. The van der Waals surface area contributed by atoms with E-state index < -0.39 is 4.92 Å². The minimum Gasteiger partial charge on any atom is -0.493 e. The molecule has 3 aromatic carbocycles. The van der Waals surface area contributed by atoms with Crippen LogP contribution < -0.4 is 9.47 Å². The van der Waals surface area contributed by atoms with Gasteiger partial charge in [-0.05, 0) is 48.3 Å². The highest BCUT2D eigenvalue weighted by molar-refractivity contribution is 8.17. The van der Waals surface area contributed by atoms with Gasteiger partial charge in [-0.3, -0.25) is 29.4 Å². The minimum atomic E-state index is -0.577. The maximum atomic E-state index is 13.8. The highest BCUT2D eigenvalue weighted by Gasteiger charge is 2.38. The van der Waals surface area contributed by atoms with Crippen molar-refractivity contribution in [3.63, 3.8) is 0 Å². The van der Waals surface area contributed by atoms with Gasteiger partial charge in [-0.1, -0.05) is 38.1 Å². The van der Waals surface area contributed by atoms with E-state index in [1.54, 1.807) is 52.7 Å². The number of ether oxygens (including phenoxy) is 2. The fourth-order valence-corrected chi connectivity index (χ4v) is 8.78.